The predicted octanol–water partition coefficient (Wildman–Crippen LogP) is 2.55. The monoisotopic (exact) mass is 228 g/mol. The molecule has 2 heterocycles. The quantitative estimate of drug-likeness (QED) is 0.695. The molecule has 0 saturated carbocycles. The van der Waals surface area contributed by atoms with Gasteiger partial charge in [-0.05, 0) is 29.7 Å². The maximum atomic E-state index is 11.1. The summed E-state index contributed by atoms with van der Waals surface area (Å²) in [5.74, 6) is -0.377. The summed E-state index contributed by atoms with van der Waals surface area (Å²) in [5, 5.41) is 2.10. The summed E-state index contributed by atoms with van der Waals surface area (Å²) in [6.07, 6.45) is 1.76. The molecule has 0 unspecified atom stereocenters. The third-order valence-electron chi connectivity index (χ3n) is 2.48. The molecular weight excluding hydrogens is 220 g/mol. The molecular formula is C12H8N2OS. The first-order chi connectivity index (χ1) is 7.74. The third-order valence-corrected chi connectivity index (χ3v) is 3.60. The summed E-state index contributed by atoms with van der Waals surface area (Å²) < 4.78 is 1.06. The number of nitrogens with zero attached hydrogens (tertiary/aromatic N) is 1. The lowest BCUT2D eigenvalue weighted by Crippen LogP contribution is -2.07. The van der Waals surface area contributed by atoms with Crippen LogP contribution in [0.1, 0.15) is 9.67 Å². The van der Waals surface area contributed by atoms with Crippen molar-refractivity contribution in [2.24, 2.45) is 5.73 Å². The van der Waals surface area contributed by atoms with Gasteiger partial charge in [0.1, 0.15) is 0 Å². The van der Waals surface area contributed by atoms with E-state index < -0.39 is 0 Å². The van der Waals surface area contributed by atoms with Crippen molar-refractivity contribution in [1.29, 1.82) is 0 Å². The molecule has 0 fully saturated rings. The van der Waals surface area contributed by atoms with E-state index in [1.54, 1.807) is 6.20 Å². The van der Waals surface area contributed by atoms with Gasteiger partial charge in [0.15, 0.2) is 0 Å². The lowest BCUT2D eigenvalue weighted by atomic mass is 10.1. The van der Waals surface area contributed by atoms with Gasteiger partial charge in [0.2, 0.25) is 0 Å². The lowest BCUT2D eigenvalue weighted by Gasteiger charge is -1.95. The normalized spacial score (nSPS) is 11.0. The number of hydrogen-bond acceptors (Lipinski definition) is 3. The molecule has 4 heteroatoms. The molecule has 0 spiro atoms. The van der Waals surface area contributed by atoms with Crippen molar-refractivity contribution < 1.29 is 4.79 Å². The zero-order chi connectivity index (χ0) is 11.1. The van der Waals surface area contributed by atoms with Crippen molar-refractivity contribution >= 4 is 38.2 Å². The van der Waals surface area contributed by atoms with E-state index in [1.165, 1.54) is 11.3 Å². The Hall–Kier alpha value is -1.94. The second-order valence-corrected chi connectivity index (χ2v) is 4.64. The van der Waals surface area contributed by atoms with Crippen LogP contribution in [0, 0.1) is 0 Å². The number of benzene rings is 1. The summed E-state index contributed by atoms with van der Waals surface area (Å²) in [5.41, 5.74) is 6.19. The topological polar surface area (TPSA) is 56.0 Å². The van der Waals surface area contributed by atoms with E-state index >= 15 is 0 Å². The average Bonchev–Trinajstić information content (AvgIpc) is 2.68. The highest BCUT2D eigenvalue weighted by Gasteiger charge is 2.07. The number of aromatic nitrogens is 1. The van der Waals surface area contributed by atoms with Crippen LogP contribution in [0.4, 0.5) is 0 Å². The first kappa shape index (κ1) is 9.30. The number of pyridine rings is 1. The molecule has 0 atom stereocenters. The number of fused-ring (bicyclic) bond motifs is 2. The highest BCUT2D eigenvalue weighted by molar-refractivity contribution is 7.20. The van der Waals surface area contributed by atoms with Crippen molar-refractivity contribution in [3.63, 3.8) is 0 Å². The Kier molecular flexibility index (Phi) is 1.91. The number of thiophene rings is 1. The standard InChI is InChI=1S/C12H8N2OS/c13-12(15)11-6-8-4-9-7(2-1-3-14-9)5-10(8)16-11/h1-6H,(H2,13,15). The average molecular weight is 228 g/mol. The number of carbonyl (C=O) groups is 1. The van der Waals surface area contributed by atoms with Crippen LogP contribution in [0.3, 0.4) is 0 Å². The summed E-state index contributed by atoms with van der Waals surface area (Å²) in [4.78, 5) is 15.9. The third kappa shape index (κ3) is 1.35. The molecule has 0 aliphatic carbocycles. The molecule has 3 nitrogen and oxygen atoms in total. The fraction of sp³-hybridized carbons (Fsp3) is 0. The van der Waals surface area contributed by atoms with Crippen molar-refractivity contribution in [1.82, 2.24) is 4.98 Å². The molecule has 78 valence electrons. The Labute approximate surface area is 95.5 Å². The molecule has 0 saturated heterocycles. The Morgan fingerprint density at radius 2 is 2.12 bits per heavy atom. The number of amides is 1. The van der Waals surface area contributed by atoms with E-state index in [-0.39, 0.29) is 5.91 Å². The van der Waals surface area contributed by atoms with Crippen molar-refractivity contribution in [2.45, 2.75) is 0 Å². The predicted molar refractivity (Wildman–Crippen MR) is 65.6 cm³/mol. The highest BCUT2D eigenvalue weighted by Crippen LogP contribution is 2.28. The Morgan fingerprint density at radius 3 is 2.94 bits per heavy atom. The SMILES string of the molecule is NC(=O)c1cc2cc3ncccc3cc2s1. The van der Waals surface area contributed by atoms with Crippen LogP contribution in [0.2, 0.25) is 0 Å². The Balaban J connectivity index is 2.38. The number of rotatable bonds is 1. The molecule has 0 radical (unpaired) electrons. The molecule has 1 aromatic carbocycles. The molecule has 2 N–H and O–H groups in total. The van der Waals surface area contributed by atoms with E-state index in [0.717, 1.165) is 21.0 Å². The summed E-state index contributed by atoms with van der Waals surface area (Å²) in [7, 11) is 0. The Bertz CT molecular complexity index is 650. The van der Waals surface area contributed by atoms with Gasteiger partial charge in [-0.25, -0.2) is 0 Å². The van der Waals surface area contributed by atoms with Gasteiger partial charge in [0.05, 0.1) is 10.4 Å². The molecule has 3 aromatic rings. The van der Waals surface area contributed by atoms with Gasteiger partial charge in [-0.1, -0.05) is 6.07 Å². The van der Waals surface area contributed by atoms with Gasteiger partial charge < -0.3 is 5.73 Å². The van der Waals surface area contributed by atoms with Crippen LogP contribution < -0.4 is 5.73 Å². The number of nitrogens with two attached hydrogens (primary N) is 1. The van der Waals surface area contributed by atoms with Gasteiger partial charge >= 0.3 is 0 Å². The number of hydrogen-bond donors (Lipinski definition) is 1. The van der Waals surface area contributed by atoms with Gasteiger partial charge in [-0.3, -0.25) is 9.78 Å². The van der Waals surface area contributed by atoms with Gasteiger partial charge in [-0.15, -0.1) is 11.3 Å². The van der Waals surface area contributed by atoms with Crippen LogP contribution in [0.25, 0.3) is 21.0 Å². The van der Waals surface area contributed by atoms with Crippen molar-refractivity contribution in [3.8, 4) is 0 Å². The van der Waals surface area contributed by atoms with E-state index in [0.29, 0.717) is 4.88 Å². The minimum Gasteiger partial charge on any atom is -0.365 e. The molecule has 16 heavy (non-hydrogen) atoms. The minimum atomic E-state index is -0.377. The van der Waals surface area contributed by atoms with Crippen LogP contribution in [-0.4, -0.2) is 10.9 Å². The van der Waals surface area contributed by atoms with E-state index in [4.69, 9.17) is 5.73 Å². The van der Waals surface area contributed by atoms with Gasteiger partial charge in [0, 0.05) is 16.3 Å². The second kappa shape index (κ2) is 3.28. The summed E-state index contributed by atoms with van der Waals surface area (Å²) in [6, 6.07) is 9.74. The van der Waals surface area contributed by atoms with Crippen LogP contribution in [-0.2, 0) is 0 Å². The Morgan fingerprint density at radius 1 is 1.25 bits per heavy atom. The molecule has 0 aliphatic heterocycles. The highest BCUT2D eigenvalue weighted by atomic mass is 32.1. The second-order valence-electron chi connectivity index (χ2n) is 3.56. The zero-order valence-electron chi connectivity index (χ0n) is 8.31. The number of primary amides is 1. The maximum absolute atomic E-state index is 11.1. The molecule has 0 aliphatic rings. The fourth-order valence-electron chi connectivity index (χ4n) is 1.73. The van der Waals surface area contributed by atoms with Gasteiger partial charge in [-0.2, -0.15) is 0 Å². The summed E-state index contributed by atoms with van der Waals surface area (Å²) >= 11 is 1.42. The summed E-state index contributed by atoms with van der Waals surface area (Å²) in [6.45, 7) is 0. The molecule has 0 bridgehead atoms. The smallest absolute Gasteiger partial charge is 0.258 e. The first-order valence-corrected chi connectivity index (χ1v) is 5.64. The molecule has 2 aromatic heterocycles. The van der Waals surface area contributed by atoms with Crippen molar-refractivity contribution in [3.05, 3.63) is 41.4 Å². The van der Waals surface area contributed by atoms with Crippen LogP contribution in [0.5, 0.6) is 0 Å². The maximum Gasteiger partial charge on any atom is 0.258 e. The largest absolute Gasteiger partial charge is 0.365 e. The van der Waals surface area contributed by atoms with E-state index in [9.17, 15) is 4.79 Å². The van der Waals surface area contributed by atoms with E-state index in [2.05, 4.69) is 4.98 Å². The van der Waals surface area contributed by atoms with Gasteiger partial charge in [0.25, 0.3) is 5.91 Å². The first-order valence-electron chi connectivity index (χ1n) is 4.82. The molecule has 1 amide bonds. The fourth-order valence-corrected chi connectivity index (χ4v) is 2.67. The van der Waals surface area contributed by atoms with Crippen LogP contribution >= 0.6 is 11.3 Å². The number of carbonyl (C=O) groups excluding carboxylic acids is 1. The molecule has 3 rings (SSSR count). The van der Waals surface area contributed by atoms with Crippen LogP contribution in [0.15, 0.2) is 36.5 Å². The van der Waals surface area contributed by atoms with E-state index in [1.807, 2.05) is 30.3 Å². The minimum absolute atomic E-state index is 0.377. The lowest BCUT2D eigenvalue weighted by molar-refractivity contribution is 0.100. The van der Waals surface area contributed by atoms with Crippen molar-refractivity contribution in [2.75, 3.05) is 0 Å². The zero-order valence-corrected chi connectivity index (χ0v) is 9.12.